The normalized spacial score (nSPS) is 17.8. The van der Waals surface area contributed by atoms with Crippen molar-refractivity contribution in [2.45, 2.75) is 25.5 Å². The van der Waals surface area contributed by atoms with Gasteiger partial charge in [0.15, 0.2) is 6.29 Å². The van der Waals surface area contributed by atoms with E-state index in [2.05, 4.69) is 21.2 Å². The fourth-order valence-electron chi connectivity index (χ4n) is 2.77. The van der Waals surface area contributed by atoms with Gasteiger partial charge in [0.2, 0.25) is 5.91 Å². The van der Waals surface area contributed by atoms with Gasteiger partial charge in [0.05, 0.1) is 6.10 Å². The third kappa shape index (κ3) is 3.23. The van der Waals surface area contributed by atoms with E-state index in [-0.39, 0.29) is 18.6 Å². The maximum absolute atomic E-state index is 12.1. The Hall–Kier alpha value is -1.66. The summed E-state index contributed by atoms with van der Waals surface area (Å²) < 4.78 is 8.19. The molecule has 1 amide bonds. The number of nitrogens with one attached hydrogen (secondary N) is 1. The Morgan fingerprint density at radius 3 is 3.09 bits per heavy atom. The van der Waals surface area contributed by atoms with Gasteiger partial charge in [-0.3, -0.25) is 9.59 Å². The van der Waals surface area contributed by atoms with Crippen molar-refractivity contribution in [3.63, 3.8) is 0 Å². The van der Waals surface area contributed by atoms with Crippen molar-refractivity contribution < 1.29 is 14.3 Å². The largest absolute Gasteiger partial charge is 0.376 e. The molecule has 0 aliphatic carbocycles. The van der Waals surface area contributed by atoms with Crippen LogP contribution in [0.2, 0.25) is 0 Å². The van der Waals surface area contributed by atoms with Crippen LogP contribution in [0.1, 0.15) is 23.2 Å². The third-order valence-electron chi connectivity index (χ3n) is 3.87. The second kappa shape index (κ2) is 6.62. The van der Waals surface area contributed by atoms with Crippen molar-refractivity contribution in [2.24, 2.45) is 0 Å². The number of aldehydes is 1. The van der Waals surface area contributed by atoms with Crippen LogP contribution in [0.25, 0.3) is 10.9 Å². The molecule has 1 aliphatic rings. The summed E-state index contributed by atoms with van der Waals surface area (Å²) in [7, 11) is 0. The van der Waals surface area contributed by atoms with Crippen LogP contribution in [0.15, 0.2) is 28.9 Å². The van der Waals surface area contributed by atoms with Crippen LogP contribution < -0.4 is 5.32 Å². The van der Waals surface area contributed by atoms with Gasteiger partial charge in [-0.25, -0.2) is 0 Å². The van der Waals surface area contributed by atoms with E-state index in [1.165, 1.54) is 0 Å². The predicted molar refractivity (Wildman–Crippen MR) is 87.0 cm³/mol. The monoisotopic (exact) mass is 364 g/mol. The molecule has 6 heteroatoms. The third-order valence-corrected chi connectivity index (χ3v) is 4.36. The van der Waals surface area contributed by atoms with Gasteiger partial charge in [0.25, 0.3) is 0 Å². The lowest BCUT2D eigenvalue weighted by Crippen LogP contribution is -2.34. The molecule has 1 aromatic carbocycles. The highest BCUT2D eigenvalue weighted by Gasteiger charge is 2.17. The van der Waals surface area contributed by atoms with Crippen LogP contribution in [-0.2, 0) is 16.1 Å². The molecule has 1 saturated heterocycles. The Balaban J connectivity index is 1.72. The van der Waals surface area contributed by atoms with Gasteiger partial charge in [0, 0.05) is 40.3 Å². The fourth-order valence-corrected chi connectivity index (χ4v) is 3.13. The average Bonchev–Trinajstić information content (AvgIpc) is 3.13. The standard InChI is InChI=1S/C16H17BrN2O3/c17-12-3-4-15-14(6-12)11(10-20)8-19(15)9-16(21)18-7-13-2-1-5-22-13/h3-4,6,8,10,13H,1-2,5,7,9H2,(H,18,21). The minimum atomic E-state index is -0.0761. The van der Waals surface area contributed by atoms with Crippen molar-refractivity contribution >= 4 is 39.0 Å². The quantitative estimate of drug-likeness (QED) is 0.829. The minimum Gasteiger partial charge on any atom is -0.376 e. The van der Waals surface area contributed by atoms with E-state index in [1.807, 2.05) is 18.2 Å². The van der Waals surface area contributed by atoms with Crippen LogP contribution in [-0.4, -0.2) is 36.0 Å². The van der Waals surface area contributed by atoms with Crippen LogP contribution in [0, 0.1) is 0 Å². The maximum atomic E-state index is 12.1. The van der Waals surface area contributed by atoms with Crippen LogP contribution in [0.3, 0.4) is 0 Å². The maximum Gasteiger partial charge on any atom is 0.240 e. The first-order chi connectivity index (χ1) is 10.7. The van der Waals surface area contributed by atoms with Gasteiger partial charge in [0.1, 0.15) is 6.54 Å². The molecule has 0 radical (unpaired) electrons. The highest BCUT2D eigenvalue weighted by Crippen LogP contribution is 2.24. The summed E-state index contributed by atoms with van der Waals surface area (Å²) in [5.41, 5.74) is 1.46. The Morgan fingerprint density at radius 2 is 2.36 bits per heavy atom. The van der Waals surface area contributed by atoms with E-state index in [1.54, 1.807) is 10.8 Å². The van der Waals surface area contributed by atoms with Crippen molar-refractivity contribution in [1.29, 1.82) is 0 Å². The van der Waals surface area contributed by atoms with E-state index >= 15 is 0 Å². The summed E-state index contributed by atoms with van der Waals surface area (Å²) in [5.74, 6) is -0.0761. The molecule has 0 spiro atoms. The number of aromatic nitrogens is 1. The summed E-state index contributed by atoms with van der Waals surface area (Å²) >= 11 is 3.40. The molecule has 1 unspecified atom stereocenters. The van der Waals surface area contributed by atoms with E-state index in [0.29, 0.717) is 12.1 Å². The average molecular weight is 365 g/mol. The topological polar surface area (TPSA) is 60.3 Å². The van der Waals surface area contributed by atoms with E-state index in [4.69, 9.17) is 4.74 Å². The molecule has 2 aromatic rings. The molecule has 1 atom stereocenters. The number of benzene rings is 1. The number of halogens is 1. The number of carbonyl (C=O) groups excluding carboxylic acids is 2. The molecule has 3 rings (SSSR count). The Bertz CT molecular complexity index is 705. The smallest absolute Gasteiger partial charge is 0.240 e. The molecule has 1 aliphatic heterocycles. The zero-order valence-electron chi connectivity index (χ0n) is 12.0. The van der Waals surface area contributed by atoms with Gasteiger partial charge >= 0.3 is 0 Å². The summed E-state index contributed by atoms with van der Waals surface area (Å²) in [6.45, 7) is 1.52. The second-order valence-corrected chi connectivity index (χ2v) is 6.35. The van der Waals surface area contributed by atoms with E-state index in [9.17, 15) is 9.59 Å². The summed E-state index contributed by atoms with van der Waals surface area (Å²) in [4.78, 5) is 23.3. The van der Waals surface area contributed by atoms with Gasteiger partial charge < -0.3 is 14.6 Å². The molecule has 1 aromatic heterocycles. The van der Waals surface area contributed by atoms with Gasteiger partial charge in [-0.15, -0.1) is 0 Å². The first kappa shape index (κ1) is 15.2. The number of amides is 1. The van der Waals surface area contributed by atoms with E-state index in [0.717, 1.165) is 41.1 Å². The van der Waals surface area contributed by atoms with Gasteiger partial charge in [-0.2, -0.15) is 0 Å². The first-order valence-corrected chi connectivity index (χ1v) is 8.08. The number of nitrogens with zero attached hydrogens (tertiary/aromatic N) is 1. The molecule has 1 N–H and O–H groups in total. The molecule has 116 valence electrons. The minimum absolute atomic E-state index is 0.0761. The highest BCUT2D eigenvalue weighted by molar-refractivity contribution is 9.10. The van der Waals surface area contributed by atoms with Crippen molar-refractivity contribution in [2.75, 3.05) is 13.2 Å². The predicted octanol–water partition coefficient (Wildman–Crippen LogP) is 2.51. The Labute approximate surface area is 136 Å². The Morgan fingerprint density at radius 1 is 1.50 bits per heavy atom. The Kier molecular flexibility index (Phi) is 4.59. The molecule has 0 bridgehead atoms. The molecular formula is C16H17BrN2O3. The summed E-state index contributed by atoms with van der Waals surface area (Å²) in [5, 5.41) is 3.74. The molecule has 22 heavy (non-hydrogen) atoms. The lowest BCUT2D eigenvalue weighted by molar-refractivity contribution is -0.122. The van der Waals surface area contributed by atoms with Gasteiger partial charge in [-0.05, 0) is 31.0 Å². The lowest BCUT2D eigenvalue weighted by Gasteiger charge is -2.11. The van der Waals surface area contributed by atoms with Gasteiger partial charge in [-0.1, -0.05) is 15.9 Å². The number of rotatable bonds is 5. The zero-order valence-corrected chi connectivity index (χ0v) is 13.6. The highest BCUT2D eigenvalue weighted by atomic mass is 79.9. The van der Waals surface area contributed by atoms with Crippen LogP contribution >= 0.6 is 15.9 Å². The molecule has 2 heterocycles. The SMILES string of the molecule is O=Cc1cn(CC(=O)NCC2CCCO2)c2ccc(Br)cc12. The van der Waals surface area contributed by atoms with E-state index < -0.39 is 0 Å². The fraction of sp³-hybridized carbons (Fsp3) is 0.375. The number of ether oxygens (including phenoxy) is 1. The number of carbonyl (C=O) groups is 2. The second-order valence-electron chi connectivity index (χ2n) is 5.43. The molecule has 5 nitrogen and oxygen atoms in total. The first-order valence-electron chi connectivity index (χ1n) is 7.29. The number of hydrogen-bond donors (Lipinski definition) is 1. The number of fused-ring (bicyclic) bond motifs is 1. The van der Waals surface area contributed by atoms with Crippen LogP contribution in [0.4, 0.5) is 0 Å². The zero-order chi connectivity index (χ0) is 15.5. The lowest BCUT2D eigenvalue weighted by atomic mass is 10.2. The van der Waals surface area contributed by atoms with Crippen molar-refractivity contribution in [1.82, 2.24) is 9.88 Å². The molecular weight excluding hydrogens is 348 g/mol. The van der Waals surface area contributed by atoms with Crippen LogP contribution in [0.5, 0.6) is 0 Å². The summed E-state index contributed by atoms with van der Waals surface area (Å²) in [6, 6.07) is 5.69. The number of hydrogen-bond acceptors (Lipinski definition) is 3. The van der Waals surface area contributed by atoms with Crippen molar-refractivity contribution in [3.05, 3.63) is 34.4 Å². The van der Waals surface area contributed by atoms with Crippen molar-refractivity contribution in [3.8, 4) is 0 Å². The molecule has 1 fully saturated rings. The molecule has 0 saturated carbocycles. The summed E-state index contributed by atoms with van der Waals surface area (Å²) in [6.07, 6.45) is 4.72.